The first-order chi connectivity index (χ1) is 14.5. The number of thioether (sulfide) groups is 1. The number of likely N-dealkylation sites (tertiary alicyclic amines) is 1. The maximum atomic E-state index is 13.1. The summed E-state index contributed by atoms with van der Waals surface area (Å²) in [5.41, 5.74) is 2.53. The third kappa shape index (κ3) is 6.99. The van der Waals surface area contributed by atoms with Crippen LogP contribution in [0.3, 0.4) is 0 Å². The standard InChI is InChI=1S/C25H32N2O2S/c1-19-15-24(17-27(19)16-22-11-7-4-8-12-22)26-25(29)23(18-30-20(2)28)14-13-21-9-5-3-6-10-21/h3-12,19,23-24H,13-18H2,1-2H3,(H,26,29). The van der Waals surface area contributed by atoms with Crippen LogP contribution < -0.4 is 5.32 Å². The van der Waals surface area contributed by atoms with Gasteiger partial charge in [0.2, 0.25) is 5.91 Å². The lowest BCUT2D eigenvalue weighted by molar-refractivity contribution is -0.125. The highest BCUT2D eigenvalue weighted by Gasteiger charge is 2.31. The predicted molar refractivity (Wildman–Crippen MR) is 124 cm³/mol. The molecule has 0 bridgehead atoms. The quantitative estimate of drug-likeness (QED) is 0.652. The minimum atomic E-state index is -0.155. The van der Waals surface area contributed by atoms with Crippen LogP contribution in [0.5, 0.6) is 0 Å². The van der Waals surface area contributed by atoms with Crippen molar-refractivity contribution >= 4 is 22.8 Å². The molecule has 3 unspecified atom stereocenters. The molecule has 0 radical (unpaired) electrons. The van der Waals surface area contributed by atoms with Gasteiger partial charge in [-0.15, -0.1) is 0 Å². The van der Waals surface area contributed by atoms with Gasteiger partial charge in [0.15, 0.2) is 5.12 Å². The van der Waals surface area contributed by atoms with Crippen LogP contribution in [0.4, 0.5) is 0 Å². The van der Waals surface area contributed by atoms with Crippen molar-refractivity contribution in [3.05, 3.63) is 71.8 Å². The summed E-state index contributed by atoms with van der Waals surface area (Å²) >= 11 is 1.25. The molecule has 2 aromatic carbocycles. The summed E-state index contributed by atoms with van der Waals surface area (Å²) in [4.78, 5) is 27.0. The number of amides is 1. The lowest BCUT2D eigenvalue weighted by Crippen LogP contribution is -2.41. The van der Waals surface area contributed by atoms with Gasteiger partial charge in [0.05, 0.1) is 0 Å². The average molecular weight is 425 g/mol. The molecule has 1 aliphatic heterocycles. The van der Waals surface area contributed by atoms with Gasteiger partial charge in [-0.2, -0.15) is 0 Å². The molecule has 30 heavy (non-hydrogen) atoms. The fraction of sp³-hybridized carbons (Fsp3) is 0.440. The summed E-state index contributed by atoms with van der Waals surface area (Å²) in [6, 6.07) is 21.3. The molecular weight excluding hydrogens is 392 g/mol. The maximum absolute atomic E-state index is 13.1. The molecule has 4 nitrogen and oxygen atoms in total. The van der Waals surface area contributed by atoms with Gasteiger partial charge in [-0.05, 0) is 37.3 Å². The highest BCUT2D eigenvalue weighted by atomic mass is 32.2. The predicted octanol–water partition coefficient (Wildman–Crippen LogP) is 4.29. The van der Waals surface area contributed by atoms with E-state index in [-0.39, 0.29) is 23.0 Å². The van der Waals surface area contributed by atoms with Crippen molar-refractivity contribution in [3.8, 4) is 0 Å². The lowest BCUT2D eigenvalue weighted by atomic mass is 9.99. The smallest absolute Gasteiger partial charge is 0.224 e. The van der Waals surface area contributed by atoms with Crippen molar-refractivity contribution in [1.29, 1.82) is 0 Å². The van der Waals surface area contributed by atoms with Gasteiger partial charge in [-0.1, -0.05) is 72.4 Å². The van der Waals surface area contributed by atoms with Crippen molar-refractivity contribution in [1.82, 2.24) is 10.2 Å². The molecule has 1 N–H and O–H groups in total. The van der Waals surface area contributed by atoms with Crippen molar-refractivity contribution in [2.45, 2.75) is 51.7 Å². The monoisotopic (exact) mass is 424 g/mol. The fourth-order valence-corrected chi connectivity index (χ4v) is 4.81. The minimum Gasteiger partial charge on any atom is -0.352 e. The van der Waals surface area contributed by atoms with E-state index in [0.717, 1.165) is 32.4 Å². The molecule has 3 rings (SSSR count). The second kappa shape index (κ2) is 11.3. The van der Waals surface area contributed by atoms with E-state index in [1.54, 1.807) is 6.92 Å². The molecule has 1 heterocycles. The van der Waals surface area contributed by atoms with Crippen LogP contribution in [0.15, 0.2) is 60.7 Å². The lowest BCUT2D eigenvalue weighted by Gasteiger charge is -2.21. The number of rotatable bonds is 9. The van der Waals surface area contributed by atoms with E-state index in [1.807, 2.05) is 24.3 Å². The van der Waals surface area contributed by atoms with Gasteiger partial charge in [0.25, 0.3) is 0 Å². The van der Waals surface area contributed by atoms with Crippen LogP contribution in [0, 0.1) is 5.92 Å². The summed E-state index contributed by atoms with van der Waals surface area (Å²) in [5, 5.41) is 3.35. The molecule has 160 valence electrons. The Morgan fingerprint density at radius 2 is 1.70 bits per heavy atom. The van der Waals surface area contributed by atoms with Crippen molar-refractivity contribution in [2.75, 3.05) is 12.3 Å². The summed E-state index contributed by atoms with van der Waals surface area (Å²) in [5.74, 6) is 0.473. The Hall–Kier alpha value is -2.11. The Balaban J connectivity index is 1.55. The van der Waals surface area contributed by atoms with Gasteiger partial charge in [-0.25, -0.2) is 0 Å². The first kappa shape index (κ1) is 22.6. The van der Waals surface area contributed by atoms with E-state index in [1.165, 1.54) is 22.9 Å². The molecule has 0 aliphatic carbocycles. The maximum Gasteiger partial charge on any atom is 0.224 e. The van der Waals surface area contributed by atoms with E-state index < -0.39 is 0 Å². The van der Waals surface area contributed by atoms with Gasteiger partial charge in [-0.3, -0.25) is 14.5 Å². The number of aryl methyl sites for hydroxylation is 1. The number of hydrogen-bond donors (Lipinski definition) is 1. The molecule has 1 amide bonds. The molecule has 0 aromatic heterocycles. The topological polar surface area (TPSA) is 49.4 Å². The largest absolute Gasteiger partial charge is 0.352 e. The summed E-state index contributed by atoms with van der Waals surface area (Å²) in [6.45, 7) is 5.57. The normalized spacial score (nSPS) is 20.1. The molecular formula is C25H32N2O2S. The highest BCUT2D eigenvalue weighted by Crippen LogP contribution is 2.22. The zero-order valence-corrected chi connectivity index (χ0v) is 18.7. The Bertz CT molecular complexity index is 812. The van der Waals surface area contributed by atoms with Crippen LogP contribution in [0.25, 0.3) is 0 Å². The first-order valence-electron chi connectivity index (χ1n) is 10.8. The van der Waals surface area contributed by atoms with Gasteiger partial charge in [0, 0.05) is 43.8 Å². The molecule has 1 aliphatic rings. The first-order valence-corrected chi connectivity index (χ1v) is 11.8. The van der Waals surface area contributed by atoms with Crippen molar-refractivity contribution < 1.29 is 9.59 Å². The van der Waals surface area contributed by atoms with E-state index in [4.69, 9.17) is 0 Å². The van der Waals surface area contributed by atoms with Crippen LogP contribution in [-0.4, -0.2) is 40.3 Å². The second-order valence-electron chi connectivity index (χ2n) is 8.23. The number of benzene rings is 2. The Labute approximate surface area is 184 Å². The fourth-order valence-electron chi connectivity index (χ4n) is 4.05. The number of carbonyl (C=O) groups is 2. The molecule has 0 saturated carbocycles. The summed E-state index contributed by atoms with van der Waals surface area (Å²) < 4.78 is 0. The average Bonchev–Trinajstić information content (AvgIpc) is 3.07. The number of hydrogen-bond acceptors (Lipinski definition) is 4. The van der Waals surface area contributed by atoms with Crippen LogP contribution in [0.1, 0.15) is 37.8 Å². The summed E-state index contributed by atoms with van der Waals surface area (Å²) in [7, 11) is 0. The molecule has 1 saturated heterocycles. The highest BCUT2D eigenvalue weighted by molar-refractivity contribution is 8.13. The Morgan fingerprint density at radius 3 is 2.33 bits per heavy atom. The zero-order valence-electron chi connectivity index (χ0n) is 17.9. The molecule has 3 atom stereocenters. The van der Waals surface area contributed by atoms with E-state index in [9.17, 15) is 9.59 Å². The van der Waals surface area contributed by atoms with Crippen LogP contribution in [0.2, 0.25) is 0 Å². The van der Waals surface area contributed by atoms with E-state index in [0.29, 0.717) is 11.8 Å². The van der Waals surface area contributed by atoms with Gasteiger partial charge < -0.3 is 5.32 Å². The van der Waals surface area contributed by atoms with Gasteiger partial charge in [0.1, 0.15) is 0 Å². The van der Waals surface area contributed by atoms with Crippen LogP contribution in [-0.2, 0) is 22.6 Å². The third-order valence-corrected chi connectivity index (χ3v) is 6.74. The van der Waals surface area contributed by atoms with E-state index >= 15 is 0 Å². The molecule has 1 fully saturated rings. The molecule has 5 heteroatoms. The van der Waals surface area contributed by atoms with E-state index in [2.05, 4.69) is 53.5 Å². The minimum absolute atomic E-state index is 0.0658. The second-order valence-corrected chi connectivity index (χ2v) is 9.43. The Morgan fingerprint density at radius 1 is 1.07 bits per heavy atom. The number of nitrogens with zero attached hydrogens (tertiary/aromatic N) is 1. The van der Waals surface area contributed by atoms with Crippen molar-refractivity contribution in [2.24, 2.45) is 5.92 Å². The SMILES string of the molecule is CC(=O)SCC(CCc1ccccc1)C(=O)NC1CC(C)N(Cc2ccccc2)C1. The number of nitrogens with one attached hydrogen (secondary N) is 1. The van der Waals surface area contributed by atoms with Crippen LogP contribution >= 0.6 is 11.8 Å². The summed E-state index contributed by atoms with van der Waals surface area (Å²) in [6.07, 6.45) is 2.56. The molecule has 2 aromatic rings. The number of carbonyl (C=O) groups excluding carboxylic acids is 2. The van der Waals surface area contributed by atoms with Crippen molar-refractivity contribution in [3.63, 3.8) is 0 Å². The molecule has 0 spiro atoms. The zero-order chi connectivity index (χ0) is 21.3. The third-order valence-electron chi connectivity index (χ3n) is 5.76. The van der Waals surface area contributed by atoms with Gasteiger partial charge >= 0.3 is 0 Å². The Kier molecular flexibility index (Phi) is 8.52.